The quantitative estimate of drug-likeness (QED) is 0.495. The Hall–Kier alpha value is -3.61. The molecule has 3 rings (SSSR count). The van der Waals surface area contributed by atoms with E-state index in [1.165, 1.54) is 27.4 Å². The van der Waals surface area contributed by atoms with Crippen molar-refractivity contribution in [1.82, 2.24) is 0 Å². The van der Waals surface area contributed by atoms with Crippen LogP contribution in [-0.2, 0) is 20.7 Å². The predicted octanol–water partition coefficient (Wildman–Crippen LogP) is 3.61. The molecule has 1 aliphatic rings. The van der Waals surface area contributed by atoms with Crippen LogP contribution in [0.15, 0.2) is 35.9 Å². The number of benzene rings is 2. The van der Waals surface area contributed by atoms with Gasteiger partial charge in [0.2, 0.25) is 0 Å². The summed E-state index contributed by atoms with van der Waals surface area (Å²) < 4.78 is 21.1. The van der Waals surface area contributed by atoms with Crippen molar-refractivity contribution in [2.24, 2.45) is 0 Å². The maximum absolute atomic E-state index is 13.4. The average Bonchev–Trinajstić information content (AvgIpc) is 2.81. The molecule has 0 saturated heterocycles. The van der Waals surface area contributed by atoms with Gasteiger partial charge in [0.25, 0.3) is 0 Å². The van der Waals surface area contributed by atoms with Gasteiger partial charge in [-0.05, 0) is 38.0 Å². The van der Waals surface area contributed by atoms with Gasteiger partial charge in [0.1, 0.15) is 11.5 Å². The summed E-state index contributed by atoms with van der Waals surface area (Å²) in [7, 11) is 4.24. The molecule has 162 valence electrons. The van der Waals surface area contributed by atoms with Crippen molar-refractivity contribution in [2.75, 3.05) is 27.9 Å². The number of rotatable bonds is 7. The molecule has 0 unspecified atom stereocenters. The van der Waals surface area contributed by atoms with Crippen molar-refractivity contribution in [3.8, 4) is 11.5 Å². The van der Waals surface area contributed by atoms with E-state index in [9.17, 15) is 14.4 Å². The summed E-state index contributed by atoms with van der Waals surface area (Å²) in [5, 5.41) is 0. The van der Waals surface area contributed by atoms with Crippen LogP contribution < -0.4 is 9.47 Å². The molecule has 0 saturated carbocycles. The second-order valence-corrected chi connectivity index (χ2v) is 6.81. The lowest BCUT2D eigenvalue weighted by Gasteiger charge is -2.23. The summed E-state index contributed by atoms with van der Waals surface area (Å²) in [6.07, 6.45) is 2.63. The highest BCUT2D eigenvalue weighted by molar-refractivity contribution is 6.16. The van der Waals surface area contributed by atoms with Crippen molar-refractivity contribution in [3.05, 3.63) is 63.7 Å². The number of methoxy groups -OCH3 is 3. The van der Waals surface area contributed by atoms with E-state index >= 15 is 0 Å². The number of ketones is 1. The van der Waals surface area contributed by atoms with Crippen LogP contribution in [-0.4, -0.2) is 45.7 Å². The highest BCUT2D eigenvalue weighted by atomic mass is 16.5. The third-order valence-electron chi connectivity index (χ3n) is 5.13. The summed E-state index contributed by atoms with van der Waals surface area (Å²) in [6, 6.07) is 8.01. The molecule has 0 N–H and O–H groups in total. The Kier molecular flexibility index (Phi) is 6.74. The summed E-state index contributed by atoms with van der Waals surface area (Å²) in [5.41, 5.74) is 2.60. The minimum absolute atomic E-state index is 0.165. The van der Waals surface area contributed by atoms with E-state index in [1.54, 1.807) is 37.3 Å². The number of hydrogen-bond acceptors (Lipinski definition) is 7. The van der Waals surface area contributed by atoms with Crippen LogP contribution in [0.3, 0.4) is 0 Å². The second kappa shape index (κ2) is 9.47. The normalized spacial score (nSPS) is 12.3. The van der Waals surface area contributed by atoms with E-state index in [2.05, 4.69) is 0 Å². The number of ether oxygens (including phenoxy) is 4. The van der Waals surface area contributed by atoms with Gasteiger partial charge in [0, 0.05) is 22.3 Å². The van der Waals surface area contributed by atoms with Gasteiger partial charge in [-0.1, -0.05) is 18.2 Å². The zero-order valence-corrected chi connectivity index (χ0v) is 17.9. The summed E-state index contributed by atoms with van der Waals surface area (Å²) in [6.45, 7) is 2.04. The fourth-order valence-electron chi connectivity index (χ4n) is 3.69. The zero-order chi connectivity index (χ0) is 22.5. The van der Waals surface area contributed by atoms with Gasteiger partial charge < -0.3 is 18.9 Å². The molecule has 1 aliphatic carbocycles. The van der Waals surface area contributed by atoms with Crippen LogP contribution in [0.4, 0.5) is 0 Å². The second-order valence-electron chi connectivity index (χ2n) is 6.81. The lowest BCUT2D eigenvalue weighted by molar-refractivity contribution is -0.138. The van der Waals surface area contributed by atoms with Crippen LogP contribution in [0.1, 0.15) is 50.8 Å². The summed E-state index contributed by atoms with van der Waals surface area (Å²) in [5.74, 6) is -0.550. The fourth-order valence-corrected chi connectivity index (χ4v) is 3.69. The lowest BCUT2D eigenvalue weighted by Crippen LogP contribution is -2.16. The third kappa shape index (κ3) is 4.17. The van der Waals surface area contributed by atoms with Gasteiger partial charge in [-0.25, -0.2) is 9.59 Å². The van der Waals surface area contributed by atoms with Crippen molar-refractivity contribution in [3.63, 3.8) is 0 Å². The van der Waals surface area contributed by atoms with Crippen LogP contribution >= 0.6 is 0 Å². The highest BCUT2D eigenvalue weighted by Gasteiger charge is 2.29. The molecule has 0 fully saturated rings. The molecule has 0 aliphatic heterocycles. The average molecular weight is 424 g/mol. The minimum Gasteiger partial charge on any atom is -0.496 e. The Labute approximate surface area is 180 Å². The maximum atomic E-state index is 13.4. The smallest absolute Gasteiger partial charge is 0.338 e. The van der Waals surface area contributed by atoms with Crippen LogP contribution in [0.25, 0.3) is 6.08 Å². The largest absolute Gasteiger partial charge is 0.496 e. The SMILES string of the molecule is CCOC(=O)C1=Cc2c(OC)cc(C(=O)c3ccccc3C(=O)OC)c(OC)c2CC1. The van der Waals surface area contributed by atoms with E-state index in [-0.39, 0.29) is 35.0 Å². The first-order chi connectivity index (χ1) is 15.0. The molecule has 0 amide bonds. The first-order valence-electron chi connectivity index (χ1n) is 9.84. The maximum Gasteiger partial charge on any atom is 0.338 e. The first kappa shape index (κ1) is 22.1. The van der Waals surface area contributed by atoms with Gasteiger partial charge in [0.05, 0.1) is 39.1 Å². The molecule has 0 heterocycles. The van der Waals surface area contributed by atoms with Gasteiger partial charge >= 0.3 is 11.9 Å². The molecule has 2 aromatic rings. The Morgan fingerprint density at radius 1 is 0.903 bits per heavy atom. The van der Waals surface area contributed by atoms with Crippen molar-refractivity contribution in [2.45, 2.75) is 19.8 Å². The Bertz CT molecular complexity index is 1070. The molecular weight excluding hydrogens is 400 g/mol. The van der Waals surface area contributed by atoms with Crippen LogP contribution in [0, 0.1) is 0 Å². The van der Waals surface area contributed by atoms with Gasteiger partial charge in [-0.3, -0.25) is 4.79 Å². The highest BCUT2D eigenvalue weighted by Crippen LogP contribution is 2.41. The molecule has 0 aromatic heterocycles. The molecule has 2 aromatic carbocycles. The number of esters is 2. The van der Waals surface area contributed by atoms with Crippen molar-refractivity contribution < 1.29 is 33.3 Å². The fraction of sp³-hybridized carbons (Fsp3) is 0.292. The Balaban J connectivity index is 2.16. The van der Waals surface area contributed by atoms with E-state index in [1.807, 2.05) is 0 Å². The number of carbonyl (C=O) groups excluding carboxylic acids is 3. The molecule has 0 radical (unpaired) electrons. The molecular formula is C24H24O7. The van der Waals surface area contributed by atoms with E-state index in [0.29, 0.717) is 35.5 Å². The summed E-state index contributed by atoms with van der Waals surface area (Å²) in [4.78, 5) is 37.8. The van der Waals surface area contributed by atoms with Gasteiger partial charge in [0.15, 0.2) is 5.78 Å². The zero-order valence-electron chi connectivity index (χ0n) is 17.9. The van der Waals surface area contributed by atoms with Gasteiger partial charge in [-0.15, -0.1) is 0 Å². The van der Waals surface area contributed by atoms with E-state index in [0.717, 1.165) is 5.56 Å². The predicted molar refractivity (Wildman–Crippen MR) is 114 cm³/mol. The Morgan fingerprint density at radius 3 is 2.23 bits per heavy atom. The molecule has 31 heavy (non-hydrogen) atoms. The van der Waals surface area contributed by atoms with E-state index < -0.39 is 5.97 Å². The summed E-state index contributed by atoms with van der Waals surface area (Å²) >= 11 is 0. The monoisotopic (exact) mass is 424 g/mol. The number of carbonyl (C=O) groups is 3. The topological polar surface area (TPSA) is 88.1 Å². The van der Waals surface area contributed by atoms with Crippen LogP contribution in [0.5, 0.6) is 11.5 Å². The first-order valence-corrected chi connectivity index (χ1v) is 9.84. The molecule has 7 nitrogen and oxygen atoms in total. The van der Waals surface area contributed by atoms with Crippen molar-refractivity contribution in [1.29, 1.82) is 0 Å². The standard InChI is InChI=1S/C24H24O7/c1-5-31-23(26)14-10-11-16-18(12-14)20(28-2)13-19(22(16)29-3)21(25)15-8-6-7-9-17(15)24(27)30-4/h6-9,12-13H,5,10-11H2,1-4H3. The number of fused-ring (bicyclic) bond motifs is 1. The van der Waals surface area contributed by atoms with E-state index in [4.69, 9.17) is 18.9 Å². The minimum atomic E-state index is -0.602. The van der Waals surface area contributed by atoms with Crippen molar-refractivity contribution >= 4 is 23.8 Å². The lowest BCUT2D eigenvalue weighted by atomic mass is 9.87. The van der Waals surface area contributed by atoms with Crippen LogP contribution in [0.2, 0.25) is 0 Å². The molecule has 7 heteroatoms. The molecule has 0 atom stereocenters. The Morgan fingerprint density at radius 2 is 1.61 bits per heavy atom. The molecule has 0 bridgehead atoms. The number of hydrogen-bond donors (Lipinski definition) is 0. The third-order valence-corrected chi connectivity index (χ3v) is 5.13. The van der Waals surface area contributed by atoms with Gasteiger partial charge in [-0.2, -0.15) is 0 Å². The molecule has 0 spiro atoms.